The van der Waals surface area contributed by atoms with Gasteiger partial charge < -0.3 is 14.6 Å². The van der Waals surface area contributed by atoms with Crippen molar-refractivity contribution in [1.82, 2.24) is 24.8 Å². The van der Waals surface area contributed by atoms with E-state index in [-0.39, 0.29) is 17.9 Å². The van der Waals surface area contributed by atoms with E-state index in [9.17, 15) is 14.4 Å². The fourth-order valence-electron chi connectivity index (χ4n) is 4.10. The molecule has 0 saturated carbocycles. The third-order valence-electron chi connectivity index (χ3n) is 6.04. The Hall–Kier alpha value is -3.85. The summed E-state index contributed by atoms with van der Waals surface area (Å²) in [6.07, 6.45) is 0.416. The van der Waals surface area contributed by atoms with Gasteiger partial charge in [-0.2, -0.15) is 0 Å². The van der Waals surface area contributed by atoms with Crippen molar-refractivity contribution in [2.45, 2.75) is 32.9 Å². The standard InChI is InChI=1S/C26H29N5O4/c1-18-21(25(33)29-24(28-18)22-10-6-7-11-27-22)16-23(32)35-19(2)26(34)31-14-12-30(13-15-31)17-20-8-4-3-5-9-20/h3-11,19H,12-17H2,1-2H3,(H,28,29,33). The lowest BCUT2D eigenvalue weighted by atomic mass is 10.1. The van der Waals surface area contributed by atoms with Gasteiger partial charge in [0.05, 0.1) is 6.42 Å². The first-order valence-corrected chi connectivity index (χ1v) is 11.7. The van der Waals surface area contributed by atoms with Gasteiger partial charge in [0.25, 0.3) is 11.5 Å². The Balaban J connectivity index is 1.30. The molecule has 1 atom stereocenters. The number of nitrogens with one attached hydrogen (secondary N) is 1. The average molecular weight is 476 g/mol. The van der Waals surface area contributed by atoms with Crippen LogP contribution in [0.4, 0.5) is 0 Å². The van der Waals surface area contributed by atoms with Crippen LogP contribution in [-0.2, 0) is 27.3 Å². The first-order valence-electron chi connectivity index (χ1n) is 11.7. The van der Waals surface area contributed by atoms with Gasteiger partial charge in [-0.3, -0.25) is 24.3 Å². The predicted octanol–water partition coefficient (Wildman–Crippen LogP) is 1.96. The van der Waals surface area contributed by atoms with E-state index in [4.69, 9.17) is 4.74 Å². The normalized spacial score (nSPS) is 15.0. The largest absolute Gasteiger partial charge is 0.452 e. The molecule has 1 aromatic carbocycles. The van der Waals surface area contributed by atoms with Gasteiger partial charge in [0.15, 0.2) is 11.9 Å². The second-order valence-corrected chi connectivity index (χ2v) is 8.59. The van der Waals surface area contributed by atoms with E-state index in [1.54, 1.807) is 43.1 Å². The molecule has 1 N–H and O–H groups in total. The number of piperazine rings is 1. The summed E-state index contributed by atoms with van der Waals surface area (Å²) >= 11 is 0. The molecule has 3 heterocycles. The number of aryl methyl sites for hydroxylation is 1. The molecule has 35 heavy (non-hydrogen) atoms. The van der Waals surface area contributed by atoms with Crippen molar-refractivity contribution in [3.05, 3.63) is 81.9 Å². The molecule has 4 rings (SSSR count). The molecule has 1 unspecified atom stereocenters. The maximum absolute atomic E-state index is 12.8. The molecule has 1 aliphatic heterocycles. The van der Waals surface area contributed by atoms with E-state index >= 15 is 0 Å². The molecular weight excluding hydrogens is 446 g/mol. The number of pyridine rings is 1. The van der Waals surface area contributed by atoms with Gasteiger partial charge in [-0.05, 0) is 31.5 Å². The van der Waals surface area contributed by atoms with E-state index in [0.717, 1.165) is 19.6 Å². The fraction of sp³-hybridized carbons (Fsp3) is 0.346. The SMILES string of the molecule is Cc1nc(-c2ccccn2)[nH]c(=O)c1CC(=O)OC(C)C(=O)N1CCN(Cc2ccccc2)CC1. The summed E-state index contributed by atoms with van der Waals surface area (Å²) in [5.41, 5.74) is 1.97. The lowest BCUT2D eigenvalue weighted by Gasteiger charge is -2.35. The fourth-order valence-corrected chi connectivity index (χ4v) is 4.10. The van der Waals surface area contributed by atoms with Crippen LogP contribution in [0.25, 0.3) is 11.5 Å². The number of aromatic amines is 1. The lowest BCUT2D eigenvalue weighted by Crippen LogP contribution is -2.51. The third kappa shape index (κ3) is 6.19. The predicted molar refractivity (Wildman–Crippen MR) is 130 cm³/mol. The van der Waals surface area contributed by atoms with Crippen molar-refractivity contribution in [3.63, 3.8) is 0 Å². The van der Waals surface area contributed by atoms with Crippen molar-refractivity contribution in [3.8, 4) is 11.5 Å². The highest BCUT2D eigenvalue weighted by Gasteiger charge is 2.27. The van der Waals surface area contributed by atoms with Crippen molar-refractivity contribution in [1.29, 1.82) is 0 Å². The van der Waals surface area contributed by atoms with Gasteiger partial charge in [0.1, 0.15) is 5.69 Å². The van der Waals surface area contributed by atoms with Crippen LogP contribution in [0, 0.1) is 6.92 Å². The Morgan fingerprint density at radius 3 is 2.43 bits per heavy atom. The molecule has 1 fully saturated rings. The van der Waals surface area contributed by atoms with Crippen LogP contribution in [0.3, 0.4) is 0 Å². The van der Waals surface area contributed by atoms with E-state index in [2.05, 4.69) is 32.0 Å². The zero-order valence-electron chi connectivity index (χ0n) is 19.9. The first kappa shape index (κ1) is 24.3. The number of amides is 1. The molecule has 9 heteroatoms. The van der Waals surface area contributed by atoms with Gasteiger partial charge in [0.2, 0.25) is 0 Å². The Kier molecular flexibility index (Phi) is 7.67. The summed E-state index contributed by atoms with van der Waals surface area (Å²) in [4.78, 5) is 53.2. The summed E-state index contributed by atoms with van der Waals surface area (Å²) in [6, 6.07) is 15.5. The maximum atomic E-state index is 12.8. The van der Waals surface area contributed by atoms with Crippen LogP contribution in [0.15, 0.2) is 59.5 Å². The van der Waals surface area contributed by atoms with Crippen molar-refractivity contribution < 1.29 is 14.3 Å². The van der Waals surface area contributed by atoms with Crippen molar-refractivity contribution in [2.75, 3.05) is 26.2 Å². The molecule has 1 aliphatic rings. The monoisotopic (exact) mass is 475 g/mol. The van der Waals surface area contributed by atoms with Crippen LogP contribution < -0.4 is 5.56 Å². The summed E-state index contributed by atoms with van der Waals surface area (Å²) in [7, 11) is 0. The summed E-state index contributed by atoms with van der Waals surface area (Å²) in [5.74, 6) is -0.540. The molecule has 3 aromatic rings. The summed E-state index contributed by atoms with van der Waals surface area (Å²) in [6.45, 7) is 6.73. The molecule has 0 radical (unpaired) electrons. The number of hydrogen-bond acceptors (Lipinski definition) is 7. The van der Waals surface area contributed by atoms with Gasteiger partial charge in [-0.1, -0.05) is 36.4 Å². The lowest BCUT2D eigenvalue weighted by molar-refractivity contribution is -0.159. The van der Waals surface area contributed by atoms with Gasteiger partial charge in [0, 0.05) is 50.2 Å². The minimum Gasteiger partial charge on any atom is -0.452 e. The second-order valence-electron chi connectivity index (χ2n) is 8.59. The Morgan fingerprint density at radius 1 is 1.06 bits per heavy atom. The third-order valence-corrected chi connectivity index (χ3v) is 6.04. The van der Waals surface area contributed by atoms with Crippen LogP contribution in [-0.4, -0.2) is 68.9 Å². The number of nitrogens with zero attached hydrogens (tertiary/aromatic N) is 4. The number of H-pyrrole nitrogens is 1. The van der Waals surface area contributed by atoms with Crippen LogP contribution in [0.1, 0.15) is 23.7 Å². The van der Waals surface area contributed by atoms with Crippen molar-refractivity contribution >= 4 is 11.9 Å². The zero-order chi connectivity index (χ0) is 24.8. The van der Waals surface area contributed by atoms with E-state index < -0.39 is 17.6 Å². The highest BCUT2D eigenvalue weighted by Crippen LogP contribution is 2.13. The van der Waals surface area contributed by atoms with Gasteiger partial charge >= 0.3 is 5.97 Å². The minimum absolute atomic E-state index is 0.212. The number of hydrogen-bond donors (Lipinski definition) is 1. The molecule has 1 amide bonds. The summed E-state index contributed by atoms with van der Waals surface area (Å²) < 4.78 is 5.38. The minimum atomic E-state index is -0.927. The first-order chi connectivity index (χ1) is 16.9. The Morgan fingerprint density at radius 2 is 1.77 bits per heavy atom. The zero-order valence-corrected chi connectivity index (χ0v) is 19.9. The highest BCUT2D eigenvalue weighted by atomic mass is 16.5. The molecule has 0 bridgehead atoms. The number of ether oxygens (including phenoxy) is 1. The molecular formula is C26H29N5O4. The summed E-state index contributed by atoms with van der Waals surface area (Å²) in [5, 5.41) is 0. The molecule has 0 aliphatic carbocycles. The smallest absolute Gasteiger partial charge is 0.311 e. The molecule has 1 saturated heterocycles. The second kappa shape index (κ2) is 11.1. The molecule has 9 nitrogen and oxygen atoms in total. The van der Waals surface area contributed by atoms with Gasteiger partial charge in [-0.25, -0.2) is 4.98 Å². The maximum Gasteiger partial charge on any atom is 0.311 e. The Labute approximate surface area is 203 Å². The van der Waals surface area contributed by atoms with E-state index in [1.807, 2.05) is 18.2 Å². The average Bonchev–Trinajstić information content (AvgIpc) is 2.87. The van der Waals surface area contributed by atoms with Crippen LogP contribution in [0.5, 0.6) is 0 Å². The number of rotatable bonds is 7. The van der Waals surface area contributed by atoms with Crippen LogP contribution in [0.2, 0.25) is 0 Å². The Bertz CT molecular complexity index is 1220. The molecule has 182 valence electrons. The number of esters is 1. The molecule has 0 spiro atoms. The number of benzene rings is 1. The number of carbonyl (C=O) groups is 2. The van der Waals surface area contributed by atoms with Gasteiger partial charge in [-0.15, -0.1) is 0 Å². The number of aromatic nitrogens is 3. The van der Waals surface area contributed by atoms with E-state index in [1.165, 1.54) is 5.56 Å². The topological polar surface area (TPSA) is 108 Å². The highest BCUT2D eigenvalue weighted by molar-refractivity contribution is 5.84. The number of carbonyl (C=O) groups excluding carboxylic acids is 2. The molecule has 2 aromatic heterocycles. The van der Waals surface area contributed by atoms with E-state index in [0.29, 0.717) is 30.3 Å². The van der Waals surface area contributed by atoms with Crippen molar-refractivity contribution in [2.24, 2.45) is 0 Å². The van der Waals surface area contributed by atoms with Crippen LogP contribution >= 0.6 is 0 Å². The quantitative estimate of drug-likeness (QED) is 0.521.